The maximum Gasteiger partial charge on any atom is 0.261 e. The van der Waals surface area contributed by atoms with E-state index >= 15 is 0 Å². The standard InChI is InChI=1S/C14H11Br2FN2O/c1-19(13-5-3-9(16)7-12(13)18)14(20)10-4-2-8(15)6-11(10)17/h2-7H,18H2,1H3. The molecule has 0 bridgehead atoms. The molecule has 0 aliphatic carbocycles. The summed E-state index contributed by atoms with van der Waals surface area (Å²) in [5.41, 5.74) is 6.84. The van der Waals surface area contributed by atoms with Crippen molar-refractivity contribution in [3.05, 3.63) is 56.7 Å². The molecule has 6 heteroatoms. The summed E-state index contributed by atoms with van der Waals surface area (Å²) in [6, 6.07) is 9.48. The Balaban J connectivity index is 2.37. The van der Waals surface area contributed by atoms with Crippen molar-refractivity contribution in [1.82, 2.24) is 0 Å². The molecule has 0 aromatic heterocycles. The van der Waals surface area contributed by atoms with Gasteiger partial charge in [-0.05, 0) is 36.4 Å². The first-order valence-corrected chi connectivity index (χ1v) is 7.27. The minimum Gasteiger partial charge on any atom is -0.397 e. The largest absolute Gasteiger partial charge is 0.397 e. The Morgan fingerprint density at radius 1 is 1.15 bits per heavy atom. The van der Waals surface area contributed by atoms with Crippen LogP contribution in [0.2, 0.25) is 0 Å². The van der Waals surface area contributed by atoms with Crippen molar-refractivity contribution in [2.75, 3.05) is 17.7 Å². The fraction of sp³-hybridized carbons (Fsp3) is 0.0714. The lowest BCUT2D eigenvalue weighted by Gasteiger charge is -2.19. The van der Waals surface area contributed by atoms with Crippen LogP contribution >= 0.6 is 31.9 Å². The highest BCUT2D eigenvalue weighted by Gasteiger charge is 2.19. The Morgan fingerprint density at radius 3 is 2.35 bits per heavy atom. The summed E-state index contributed by atoms with van der Waals surface area (Å²) in [6.07, 6.45) is 0. The van der Waals surface area contributed by atoms with Crippen molar-refractivity contribution < 1.29 is 9.18 Å². The molecule has 104 valence electrons. The van der Waals surface area contributed by atoms with E-state index in [1.165, 1.54) is 17.0 Å². The number of nitrogens with zero attached hydrogens (tertiary/aromatic N) is 1. The molecule has 0 radical (unpaired) electrons. The van der Waals surface area contributed by atoms with E-state index in [0.29, 0.717) is 15.8 Å². The number of amides is 1. The Labute approximate surface area is 132 Å². The quantitative estimate of drug-likeness (QED) is 0.766. The fourth-order valence-electron chi connectivity index (χ4n) is 1.78. The summed E-state index contributed by atoms with van der Waals surface area (Å²) in [5.74, 6) is -1.03. The van der Waals surface area contributed by atoms with Gasteiger partial charge in [0.2, 0.25) is 0 Å². The van der Waals surface area contributed by atoms with Gasteiger partial charge in [-0.3, -0.25) is 4.79 Å². The van der Waals surface area contributed by atoms with Crippen LogP contribution in [0.15, 0.2) is 45.3 Å². The number of nitrogen functional groups attached to an aromatic ring is 1. The first kappa shape index (κ1) is 15.0. The van der Waals surface area contributed by atoms with Gasteiger partial charge >= 0.3 is 0 Å². The van der Waals surface area contributed by atoms with Crippen molar-refractivity contribution in [2.24, 2.45) is 0 Å². The molecule has 0 spiro atoms. The number of halogens is 3. The average molecular weight is 402 g/mol. The molecule has 0 heterocycles. The number of carbonyl (C=O) groups is 1. The molecule has 2 rings (SSSR count). The maximum absolute atomic E-state index is 13.8. The monoisotopic (exact) mass is 400 g/mol. The number of nitrogens with two attached hydrogens (primary N) is 1. The molecule has 0 atom stereocenters. The average Bonchev–Trinajstić information content (AvgIpc) is 2.37. The second-order valence-corrected chi connectivity index (χ2v) is 6.02. The van der Waals surface area contributed by atoms with Gasteiger partial charge in [0.25, 0.3) is 5.91 Å². The lowest BCUT2D eigenvalue weighted by atomic mass is 10.1. The number of carbonyl (C=O) groups excluding carboxylic acids is 1. The molecule has 0 aliphatic heterocycles. The van der Waals surface area contributed by atoms with Crippen LogP contribution in [0, 0.1) is 5.82 Å². The van der Waals surface area contributed by atoms with Gasteiger partial charge in [-0.15, -0.1) is 0 Å². The third-order valence-corrected chi connectivity index (χ3v) is 3.80. The predicted octanol–water partition coefficient (Wildman–Crippen LogP) is 4.21. The molecule has 2 aromatic rings. The molecular formula is C14H11Br2FN2O. The van der Waals surface area contributed by atoms with Gasteiger partial charge in [-0.2, -0.15) is 0 Å². The van der Waals surface area contributed by atoms with E-state index in [1.54, 1.807) is 31.3 Å². The Bertz CT molecular complexity index is 676. The Hall–Kier alpha value is -1.40. The molecule has 1 amide bonds. The van der Waals surface area contributed by atoms with E-state index in [4.69, 9.17) is 5.73 Å². The van der Waals surface area contributed by atoms with Crippen LogP contribution < -0.4 is 10.6 Å². The Morgan fingerprint density at radius 2 is 1.75 bits per heavy atom. The molecule has 0 aliphatic rings. The first-order valence-electron chi connectivity index (χ1n) is 5.68. The fourth-order valence-corrected chi connectivity index (χ4v) is 2.50. The van der Waals surface area contributed by atoms with E-state index in [0.717, 1.165) is 4.47 Å². The van der Waals surface area contributed by atoms with Gasteiger partial charge in [0.1, 0.15) is 5.82 Å². The highest BCUT2D eigenvalue weighted by atomic mass is 79.9. The smallest absolute Gasteiger partial charge is 0.261 e. The number of hydrogen-bond acceptors (Lipinski definition) is 2. The summed E-state index contributed by atoms with van der Waals surface area (Å²) in [5, 5.41) is 0. The zero-order chi connectivity index (χ0) is 14.9. The number of rotatable bonds is 2. The topological polar surface area (TPSA) is 46.3 Å². The summed E-state index contributed by atoms with van der Waals surface area (Å²) in [4.78, 5) is 13.6. The molecule has 0 saturated carbocycles. The normalized spacial score (nSPS) is 10.4. The van der Waals surface area contributed by atoms with Crippen LogP contribution in [0.4, 0.5) is 15.8 Å². The number of anilines is 2. The van der Waals surface area contributed by atoms with E-state index in [1.807, 2.05) is 0 Å². The van der Waals surface area contributed by atoms with Crippen LogP contribution in [0.5, 0.6) is 0 Å². The van der Waals surface area contributed by atoms with Crippen LogP contribution in [0.1, 0.15) is 10.4 Å². The SMILES string of the molecule is CN(C(=O)c1ccc(Br)cc1F)c1ccc(Br)cc1N. The highest BCUT2D eigenvalue weighted by molar-refractivity contribution is 9.10. The number of benzene rings is 2. The third kappa shape index (κ3) is 3.02. The van der Waals surface area contributed by atoms with E-state index in [-0.39, 0.29) is 5.56 Å². The second kappa shape index (κ2) is 5.93. The van der Waals surface area contributed by atoms with Gasteiger partial charge in [0.05, 0.1) is 16.9 Å². The molecule has 2 aromatic carbocycles. The lowest BCUT2D eigenvalue weighted by molar-refractivity contribution is 0.0989. The molecule has 3 nitrogen and oxygen atoms in total. The second-order valence-electron chi connectivity index (χ2n) is 4.19. The summed E-state index contributed by atoms with van der Waals surface area (Å²) in [7, 11) is 1.56. The zero-order valence-electron chi connectivity index (χ0n) is 10.5. The molecular weight excluding hydrogens is 391 g/mol. The molecule has 0 fully saturated rings. The van der Waals surface area contributed by atoms with Gasteiger partial charge < -0.3 is 10.6 Å². The van der Waals surface area contributed by atoms with E-state index in [9.17, 15) is 9.18 Å². The number of hydrogen-bond donors (Lipinski definition) is 1. The maximum atomic E-state index is 13.8. The lowest BCUT2D eigenvalue weighted by Crippen LogP contribution is -2.27. The van der Waals surface area contributed by atoms with E-state index in [2.05, 4.69) is 31.9 Å². The molecule has 0 unspecified atom stereocenters. The van der Waals surface area contributed by atoms with E-state index < -0.39 is 11.7 Å². The van der Waals surface area contributed by atoms with Crippen molar-refractivity contribution in [1.29, 1.82) is 0 Å². The zero-order valence-corrected chi connectivity index (χ0v) is 13.7. The summed E-state index contributed by atoms with van der Waals surface area (Å²) in [6.45, 7) is 0. The minimum absolute atomic E-state index is 0.00183. The minimum atomic E-state index is -0.577. The first-order chi connectivity index (χ1) is 9.40. The van der Waals surface area contributed by atoms with Gasteiger partial charge in [-0.25, -0.2) is 4.39 Å². The van der Waals surface area contributed by atoms with Crippen LogP contribution in [0.3, 0.4) is 0 Å². The molecule has 20 heavy (non-hydrogen) atoms. The summed E-state index contributed by atoms with van der Waals surface area (Å²) < 4.78 is 15.2. The highest BCUT2D eigenvalue weighted by Crippen LogP contribution is 2.27. The summed E-state index contributed by atoms with van der Waals surface area (Å²) >= 11 is 6.46. The van der Waals surface area contributed by atoms with Crippen LogP contribution in [-0.4, -0.2) is 13.0 Å². The van der Waals surface area contributed by atoms with Crippen molar-refractivity contribution in [2.45, 2.75) is 0 Å². The third-order valence-electron chi connectivity index (χ3n) is 2.82. The van der Waals surface area contributed by atoms with Gasteiger partial charge in [0.15, 0.2) is 0 Å². The van der Waals surface area contributed by atoms with Crippen LogP contribution in [-0.2, 0) is 0 Å². The van der Waals surface area contributed by atoms with Crippen molar-refractivity contribution >= 4 is 49.1 Å². The molecule has 2 N–H and O–H groups in total. The van der Waals surface area contributed by atoms with Crippen molar-refractivity contribution in [3.8, 4) is 0 Å². The van der Waals surface area contributed by atoms with Crippen LogP contribution in [0.25, 0.3) is 0 Å². The van der Waals surface area contributed by atoms with Gasteiger partial charge in [0, 0.05) is 16.0 Å². The van der Waals surface area contributed by atoms with Crippen molar-refractivity contribution in [3.63, 3.8) is 0 Å². The predicted molar refractivity (Wildman–Crippen MR) is 85.4 cm³/mol. The van der Waals surface area contributed by atoms with Gasteiger partial charge in [-0.1, -0.05) is 31.9 Å². The molecule has 0 saturated heterocycles. The Kier molecular flexibility index (Phi) is 4.45.